The standard InChI is InChI=1S/C82H137NO8/c1-6-8-10-12-14-16-18-20-22-24-26-28-30-32-34-35-36-37-38-39-40-41-42-43-44-45-47-49-51-53-55-57-59-61-63-65-67-69-71-73-80(85)91-78(77-90-82(81(86)87)88-75-74-83(3,4)5)76-89-79(84)72-70-68-66-64-62-60-58-56-54-52-50-48-46-33-31-29-27-25-23-21-19-17-15-13-11-9-7-2/h8,10,14,16,20,22,25-28,32,34,36-37,39-40,42-43,45,47,51,53,57,59,78,82H,6-7,9,11-13,15,17-19,21,23-24,29-31,33,35,38,41,44,46,48-50,52,54-56,58,60-77H2,1-5H3/p+1/b10-8-,16-14-,22-20-,27-25-,28-26-,34-32-,37-36-,40-39-,43-42-,47-45-,53-51-,59-57-. The van der Waals surface area contributed by atoms with Crippen LogP contribution in [0.4, 0.5) is 0 Å². The molecule has 0 aromatic carbocycles. The van der Waals surface area contributed by atoms with Crippen molar-refractivity contribution in [1.82, 2.24) is 0 Å². The summed E-state index contributed by atoms with van der Waals surface area (Å²) in [5.41, 5.74) is 0. The molecule has 0 bridgehead atoms. The van der Waals surface area contributed by atoms with Crippen LogP contribution in [0.1, 0.15) is 296 Å². The van der Waals surface area contributed by atoms with Gasteiger partial charge in [0.05, 0.1) is 34.4 Å². The Labute approximate surface area is 560 Å². The molecule has 2 atom stereocenters. The van der Waals surface area contributed by atoms with Crippen LogP contribution in [0.5, 0.6) is 0 Å². The highest BCUT2D eigenvalue weighted by Gasteiger charge is 2.25. The van der Waals surface area contributed by atoms with E-state index in [1.807, 2.05) is 21.1 Å². The van der Waals surface area contributed by atoms with Crippen LogP contribution in [0.25, 0.3) is 0 Å². The molecule has 0 rings (SSSR count). The largest absolute Gasteiger partial charge is 0.477 e. The summed E-state index contributed by atoms with van der Waals surface area (Å²) in [4.78, 5) is 37.7. The van der Waals surface area contributed by atoms with E-state index < -0.39 is 24.3 Å². The van der Waals surface area contributed by atoms with Crippen LogP contribution in [-0.2, 0) is 33.3 Å². The van der Waals surface area contributed by atoms with E-state index in [2.05, 4.69) is 160 Å². The zero-order valence-corrected chi connectivity index (χ0v) is 59.2. The molecule has 0 aliphatic rings. The molecule has 0 amide bonds. The third kappa shape index (κ3) is 72.5. The van der Waals surface area contributed by atoms with Gasteiger partial charge in [-0.1, -0.05) is 307 Å². The highest BCUT2D eigenvalue weighted by atomic mass is 16.7. The quantitative estimate of drug-likeness (QED) is 0.0211. The number of aliphatic carboxylic acids is 1. The Hall–Kier alpha value is -4.83. The molecule has 0 fully saturated rings. The molecule has 0 heterocycles. The van der Waals surface area contributed by atoms with Gasteiger partial charge < -0.3 is 28.5 Å². The van der Waals surface area contributed by atoms with E-state index in [0.29, 0.717) is 23.9 Å². The first kappa shape index (κ1) is 86.2. The van der Waals surface area contributed by atoms with Gasteiger partial charge in [-0.05, 0) is 122 Å². The number of hydrogen-bond acceptors (Lipinski definition) is 7. The lowest BCUT2D eigenvalue weighted by molar-refractivity contribution is -0.870. The predicted octanol–water partition coefficient (Wildman–Crippen LogP) is 23.5. The minimum atomic E-state index is -1.53. The maximum absolute atomic E-state index is 13.0. The lowest BCUT2D eigenvalue weighted by Crippen LogP contribution is -2.40. The van der Waals surface area contributed by atoms with Crippen molar-refractivity contribution in [3.63, 3.8) is 0 Å². The third-order valence-corrected chi connectivity index (χ3v) is 15.6. The van der Waals surface area contributed by atoms with Crippen molar-refractivity contribution in [2.24, 2.45) is 0 Å². The van der Waals surface area contributed by atoms with Gasteiger partial charge in [0.25, 0.3) is 6.29 Å². The van der Waals surface area contributed by atoms with Crippen molar-refractivity contribution in [2.75, 3.05) is 47.5 Å². The highest BCUT2D eigenvalue weighted by Crippen LogP contribution is 2.17. The SMILES string of the molecule is CC/C=C\C/C=C\C/C=C\C/C=C\C/C=C\C/C=C\C/C=C\C/C=C\C/C=C\C/C=C\C/C=C\CCCCCCCC(=O)OC(COC(=O)CCCCCCCCCCCCCCCCC/C=C\CCCCCCCCCC)COC(OCC[N+](C)(C)C)C(=O)O. The first-order valence-corrected chi connectivity index (χ1v) is 37.0. The van der Waals surface area contributed by atoms with E-state index in [0.717, 1.165) is 122 Å². The molecule has 0 aliphatic heterocycles. The summed E-state index contributed by atoms with van der Waals surface area (Å²) in [6, 6.07) is 0. The van der Waals surface area contributed by atoms with Gasteiger partial charge in [-0.15, -0.1) is 0 Å². The molecular formula is C82H138NO8+. The molecule has 9 nitrogen and oxygen atoms in total. The van der Waals surface area contributed by atoms with Crippen LogP contribution in [-0.4, -0.2) is 87.4 Å². The lowest BCUT2D eigenvalue weighted by atomic mass is 10.0. The average Bonchev–Trinajstić information content (AvgIpc) is 3.46. The summed E-state index contributed by atoms with van der Waals surface area (Å²) >= 11 is 0. The number of carbonyl (C=O) groups excluding carboxylic acids is 2. The molecule has 0 saturated carbocycles. The van der Waals surface area contributed by atoms with Crippen LogP contribution < -0.4 is 0 Å². The zero-order chi connectivity index (χ0) is 66.1. The Balaban J connectivity index is 4.19. The van der Waals surface area contributed by atoms with Gasteiger partial charge in [-0.25, -0.2) is 4.79 Å². The number of unbranched alkanes of at least 4 members (excludes halogenated alkanes) is 28. The topological polar surface area (TPSA) is 108 Å². The Kier molecular flexibility index (Phi) is 67.3. The van der Waals surface area contributed by atoms with Crippen molar-refractivity contribution in [2.45, 2.75) is 309 Å². The van der Waals surface area contributed by atoms with E-state index in [1.54, 1.807) is 0 Å². The van der Waals surface area contributed by atoms with Gasteiger partial charge in [0.15, 0.2) is 6.10 Å². The van der Waals surface area contributed by atoms with Gasteiger partial charge in [-0.3, -0.25) is 9.59 Å². The van der Waals surface area contributed by atoms with Crippen molar-refractivity contribution in [3.8, 4) is 0 Å². The van der Waals surface area contributed by atoms with E-state index in [-0.39, 0.29) is 32.2 Å². The van der Waals surface area contributed by atoms with Crippen LogP contribution in [0.3, 0.4) is 0 Å². The average molecular weight is 1270 g/mol. The van der Waals surface area contributed by atoms with Crippen molar-refractivity contribution < 1.29 is 42.9 Å². The Morgan fingerprint density at radius 1 is 0.341 bits per heavy atom. The molecule has 91 heavy (non-hydrogen) atoms. The molecule has 0 aromatic heterocycles. The molecule has 0 spiro atoms. The van der Waals surface area contributed by atoms with Gasteiger partial charge >= 0.3 is 17.9 Å². The predicted molar refractivity (Wildman–Crippen MR) is 391 cm³/mol. The number of carbonyl (C=O) groups is 3. The molecule has 0 saturated heterocycles. The Morgan fingerprint density at radius 3 is 0.945 bits per heavy atom. The second-order valence-electron chi connectivity index (χ2n) is 25.5. The van der Waals surface area contributed by atoms with E-state index in [9.17, 15) is 19.5 Å². The van der Waals surface area contributed by atoms with Crippen LogP contribution in [0.15, 0.2) is 146 Å². The molecule has 2 unspecified atom stereocenters. The van der Waals surface area contributed by atoms with E-state index in [1.165, 1.54) is 141 Å². The number of likely N-dealkylation sites (N-methyl/N-ethyl adjacent to an activating group) is 1. The maximum Gasteiger partial charge on any atom is 0.361 e. The minimum Gasteiger partial charge on any atom is -0.477 e. The molecular weight excluding hydrogens is 1130 g/mol. The van der Waals surface area contributed by atoms with E-state index >= 15 is 0 Å². The van der Waals surface area contributed by atoms with E-state index in [4.69, 9.17) is 18.9 Å². The first-order chi connectivity index (χ1) is 44.6. The van der Waals surface area contributed by atoms with Gasteiger partial charge in [-0.2, -0.15) is 0 Å². The molecule has 0 radical (unpaired) electrons. The number of quaternary nitrogens is 1. The third-order valence-electron chi connectivity index (χ3n) is 15.6. The van der Waals surface area contributed by atoms with Crippen molar-refractivity contribution in [3.05, 3.63) is 146 Å². The summed E-state index contributed by atoms with van der Waals surface area (Å²) in [6.07, 6.45) is 101. The highest BCUT2D eigenvalue weighted by molar-refractivity contribution is 5.71. The van der Waals surface area contributed by atoms with Gasteiger partial charge in [0.1, 0.15) is 13.2 Å². The molecule has 0 aliphatic carbocycles. The van der Waals surface area contributed by atoms with Crippen molar-refractivity contribution >= 4 is 17.9 Å². The Bertz CT molecular complexity index is 2010. The van der Waals surface area contributed by atoms with Crippen LogP contribution in [0.2, 0.25) is 0 Å². The first-order valence-electron chi connectivity index (χ1n) is 37.0. The van der Waals surface area contributed by atoms with Crippen molar-refractivity contribution in [1.29, 1.82) is 0 Å². The molecule has 0 aromatic rings. The summed E-state index contributed by atoms with van der Waals surface area (Å²) in [5.74, 6) is -2.03. The van der Waals surface area contributed by atoms with Gasteiger partial charge in [0, 0.05) is 12.8 Å². The number of nitrogens with zero attached hydrogens (tertiary/aromatic N) is 1. The maximum atomic E-state index is 13.0. The number of carboxylic acid groups (broad SMARTS) is 1. The fraction of sp³-hybridized carbons (Fsp3) is 0.671. The number of rotatable bonds is 67. The smallest absolute Gasteiger partial charge is 0.361 e. The second-order valence-corrected chi connectivity index (χ2v) is 25.5. The van der Waals surface area contributed by atoms with Gasteiger partial charge in [0.2, 0.25) is 0 Å². The minimum absolute atomic E-state index is 0.177. The second kappa shape index (κ2) is 71.0. The Morgan fingerprint density at radius 2 is 0.626 bits per heavy atom. The number of ether oxygens (including phenoxy) is 4. The zero-order valence-electron chi connectivity index (χ0n) is 59.2. The fourth-order valence-electron chi connectivity index (χ4n) is 9.96. The summed E-state index contributed by atoms with van der Waals surface area (Å²) < 4.78 is 23.0. The molecule has 1 N–H and O–H groups in total. The fourth-order valence-corrected chi connectivity index (χ4v) is 9.96. The van der Waals surface area contributed by atoms with Crippen LogP contribution >= 0.6 is 0 Å². The summed E-state index contributed by atoms with van der Waals surface area (Å²) in [7, 11) is 5.97. The lowest BCUT2D eigenvalue weighted by Gasteiger charge is -2.25. The molecule has 9 heteroatoms. The summed E-state index contributed by atoms with van der Waals surface area (Å²) in [6.45, 7) is 4.75. The normalized spacial score (nSPS) is 13.5. The summed E-state index contributed by atoms with van der Waals surface area (Å²) in [5, 5.41) is 9.76. The molecule has 518 valence electrons. The number of esters is 2. The number of carboxylic acids is 1. The number of hydrogen-bond donors (Lipinski definition) is 1. The van der Waals surface area contributed by atoms with Crippen LogP contribution in [0, 0.1) is 0 Å². The number of allylic oxidation sites excluding steroid dienone is 24. The monoisotopic (exact) mass is 1270 g/mol.